The van der Waals surface area contributed by atoms with Crippen molar-refractivity contribution in [1.29, 1.82) is 0 Å². The van der Waals surface area contributed by atoms with Crippen molar-refractivity contribution >= 4 is 27.5 Å². The van der Waals surface area contributed by atoms with E-state index >= 15 is 0 Å². The van der Waals surface area contributed by atoms with Crippen LogP contribution < -0.4 is 0 Å². The minimum absolute atomic E-state index is 0.200. The lowest BCUT2D eigenvalue weighted by Gasteiger charge is -2.14. The Balaban J connectivity index is 2.32. The molecule has 0 saturated heterocycles. The molecule has 0 radical (unpaired) electrons. The van der Waals surface area contributed by atoms with E-state index in [4.69, 9.17) is 11.6 Å². The standard InChI is InChI=1S/C14H15BrClFN2O/c1-3-19-12(14(15)8(2)18-19)7-13(20)10-6-9(16)4-5-11(10)17/h4-6,13,20H,3,7H2,1-2H3. The molecule has 0 saturated carbocycles. The summed E-state index contributed by atoms with van der Waals surface area (Å²) < 4.78 is 16.4. The van der Waals surface area contributed by atoms with Crippen molar-refractivity contribution in [3.8, 4) is 0 Å². The van der Waals surface area contributed by atoms with Gasteiger partial charge >= 0.3 is 0 Å². The second-order valence-corrected chi connectivity index (χ2v) is 5.78. The van der Waals surface area contributed by atoms with Crippen molar-refractivity contribution in [3.05, 3.63) is 50.5 Å². The molecule has 0 bridgehead atoms. The van der Waals surface area contributed by atoms with Crippen molar-refractivity contribution in [2.24, 2.45) is 0 Å². The third-order valence-corrected chi connectivity index (χ3v) is 4.42. The number of halogens is 3. The molecule has 1 heterocycles. The highest BCUT2D eigenvalue weighted by Gasteiger charge is 2.19. The van der Waals surface area contributed by atoms with Crippen LogP contribution in [0.4, 0.5) is 4.39 Å². The van der Waals surface area contributed by atoms with Crippen LogP contribution in [0.2, 0.25) is 5.02 Å². The van der Waals surface area contributed by atoms with Crippen molar-refractivity contribution in [1.82, 2.24) is 9.78 Å². The Morgan fingerprint density at radius 3 is 2.85 bits per heavy atom. The van der Waals surface area contributed by atoms with Crippen LogP contribution in [0, 0.1) is 12.7 Å². The van der Waals surface area contributed by atoms with E-state index in [1.807, 2.05) is 13.8 Å². The van der Waals surface area contributed by atoms with Gasteiger partial charge in [0.2, 0.25) is 0 Å². The van der Waals surface area contributed by atoms with Gasteiger partial charge in [0, 0.05) is 23.6 Å². The zero-order chi connectivity index (χ0) is 14.9. The molecular formula is C14H15BrClFN2O. The fraction of sp³-hybridized carbons (Fsp3) is 0.357. The van der Waals surface area contributed by atoms with Gasteiger partial charge in [0.15, 0.2) is 0 Å². The van der Waals surface area contributed by atoms with Crippen LogP contribution in [0.15, 0.2) is 22.7 Å². The predicted molar refractivity (Wildman–Crippen MR) is 80.4 cm³/mol. The number of hydrogen-bond acceptors (Lipinski definition) is 2. The highest BCUT2D eigenvalue weighted by atomic mass is 79.9. The van der Waals surface area contributed by atoms with Gasteiger partial charge in [-0.25, -0.2) is 4.39 Å². The lowest BCUT2D eigenvalue weighted by molar-refractivity contribution is 0.170. The van der Waals surface area contributed by atoms with Crippen molar-refractivity contribution in [2.75, 3.05) is 0 Å². The number of hydrogen-bond donors (Lipinski definition) is 1. The number of rotatable bonds is 4. The fourth-order valence-electron chi connectivity index (χ4n) is 2.13. The minimum Gasteiger partial charge on any atom is -0.388 e. The third-order valence-electron chi connectivity index (χ3n) is 3.16. The van der Waals surface area contributed by atoms with Gasteiger partial charge in [0.05, 0.1) is 22.0 Å². The van der Waals surface area contributed by atoms with Gasteiger partial charge in [-0.3, -0.25) is 4.68 Å². The molecule has 6 heteroatoms. The van der Waals surface area contributed by atoms with Crippen molar-refractivity contribution in [2.45, 2.75) is 32.9 Å². The number of aliphatic hydroxyl groups excluding tert-OH is 1. The molecule has 0 fully saturated rings. The number of nitrogens with zero attached hydrogens (tertiary/aromatic N) is 2. The molecule has 2 aromatic rings. The van der Waals surface area contributed by atoms with Crippen molar-refractivity contribution in [3.63, 3.8) is 0 Å². The second-order valence-electron chi connectivity index (χ2n) is 4.55. The summed E-state index contributed by atoms with van der Waals surface area (Å²) >= 11 is 9.31. The summed E-state index contributed by atoms with van der Waals surface area (Å²) in [5.74, 6) is -0.461. The summed E-state index contributed by atoms with van der Waals surface area (Å²) in [6.07, 6.45) is -0.696. The van der Waals surface area contributed by atoms with E-state index in [-0.39, 0.29) is 12.0 Å². The average molecular weight is 362 g/mol. The smallest absolute Gasteiger partial charge is 0.129 e. The first-order chi connectivity index (χ1) is 9.43. The molecule has 1 aromatic heterocycles. The van der Waals surface area contributed by atoms with E-state index in [0.29, 0.717) is 11.6 Å². The van der Waals surface area contributed by atoms with Gasteiger partial charge in [0.1, 0.15) is 5.82 Å². The molecule has 1 aromatic carbocycles. The zero-order valence-corrected chi connectivity index (χ0v) is 13.5. The maximum absolute atomic E-state index is 13.8. The van der Waals surface area contributed by atoms with Gasteiger partial charge in [0.25, 0.3) is 0 Å². The summed E-state index contributed by atoms with van der Waals surface area (Å²) in [7, 11) is 0. The topological polar surface area (TPSA) is 38.0 Å². The summed E-state index contributed by atoms with van der Waals surface area (Å²) in [5, 5.41) is 15.0. The molecule has 108 valence electrons. The maximum atomic E-state index is 13.8. The Kier molecular flexibility index (Phi) is 4.83. The van der Waals surface area contributed by atoms with Crippen LogP contribution in [0.5, 0.6) is 0 Å². The summed E-state index contributed by atoms with van der Waals surface area (Å²) in [6, 6.07) is 4.18. The Morgan fingerprint density at radius 1 is 1.50 bits per heavy atom. The van der Waals surface area contributed by atoms with E-state index in [9.17, 15) is 9.50 Å². The largest absolute Gasteiger partial charge is 0.388 e. The van der Waals surface area contributed by atoms with Gasteiger partial charge in [-0.05, 0) is 48.0 Å². The molecule has 1 N–H and O–H groups in total. The molecular weight excluding hydrogens is 347 g/mol. The lowest BCUT2D eigenvalue weighted by atomic mass is 10.0. The number of aliphatic hydroxyl groups is 1. The molecule has 0 amide bonds. The van der Waals surface area contributed by atoms with Crippen LogP contribution in [0.25, 0.3) is 0 Å². The Bertz CT molecular complexity index is 630. The Hall–Kier alpha value is -0.910. The van der Waals surface area contributed by atoms with E-state index in [0.717, 1.165) is 15.9 Å². The van der Waals surface area contributed by atoms with Crippen LogP contribution in [-0.4, -0.2) is 14.9 Å². The fourth-order valence-corrected chi connectivity index (χ4v) is 2.75. The van der Waals surface area contributed by atoms with E-state index in [1.54, 1.807) is 4.68 Å². The van der Waals surface area contributed by atoms with E-state index in [2.05, 4.69) is 21.0 Å². The van der Waals surface area contributed by atoms with Gasteiger partial charge < -0.3 is 5.11 Å². The predicted octanol–water partition coefficient (Wildman–Crippen LogP) is 4.04. The van der Waals surface area contributed by atoms with Crippen LogP contribution in [0.1, 0.15) is 30.0 Å². The average Bonchev–Trinajstić information content (AvgIpc) is 2.69. The number of aromatic nitrogens is 2. The SMILES string of the molecule is CCn1nc(C)c(Br)c1CC(O)c1cc(Cl)ccc1F. The molecule has 20 heavy (non-hydrogen) atoms. The van der Waals surface area contributed by atoms with Crippen LogP contribution in [-0.2, 0) is 13.0 Å². The van der Waals surface area contributed by atoms with Gasteiger partial charge in [-0.15, -0.1) is 0 Å². The number of benzene rings is 1. The monoisotopic (exact) mass is 360 g/mol. The van der Waals surface area contributed by atoms with E-state index in [1.165, 1.54) is 18.2 Å². The first-order valence-electron chi connectivity index (χ1n) is 6.28. The first kappa shape index (κ1) is 15.5. The first-order valence-corrected chi connectivity index (χ1v) is 7.46. The Labute approximate surface area is 130 Å². The highest BCUT2D eigenvalue weighted by Crippen LogP contribution is 2.28. The summed E-state index contributed by atoms with van der Waals surface area (Å²) in [6.45, 7) is 4.54. The molecule has 1 atom stereocenters. The summed E-state index contributed by atoms with van der Waals surface area (Å²) in [4.78, 5) is 0. The van der Waals surface area contributed by atoms with Gasteiger partial charge in [-0.1, -0.05) is 11.6 Å². The quantitative estimate of drug-likeness (QED) is 0.892. The van der Waals surface area contributed by atoms with Crippen LogP contribution >= 0.6 is 27.5 Å². The third kappa shape index (κ3) is 3.05. The Morgan fingerprint density at radius 2 is 2.20 bits per heavy atom. The molecule has 2 rings (SSSR count). The van der Waals surface area contributed by atoms with E-state index < -0.39 is 11.9 Å². The second kappa shape index (κ2) is 6.24. The molecule has 0 aliphatic rings. The molecule has 0 spiro atoms. The maximum Gasteiger partial charge on any atom is 0.129 e. The number of aryl methyl sites for hydroxylation is 2. The van der Waals surface area contributed by atoms with Gasteiger partial charge in [-0.2, -0.15) is 5.10 Å². The molecule has 3 nitrogen and oxygen atoms in total. The van der Waals surface area contributed by atoms with Crippen molar-refractivity contribution < 1.29 is 9.50 Å². The highest BCUT2D eigenvalue weighted by molar-refractivity contribution is 9.10. The lowest BCUT2D eigenvalue weighted by Crippen LogP contribution is -2.10. The minimum atomic E-state index is -0.966. The normalized spacial score (nSPS) is 12.7. The summed E-state index contributed by atoms with van der Waals surface area (Å²) in [5.41, 5.74) is 1.89. The molecule has 0 aliphatic carbocycles. The molecule has 0 aliphatic heterocycles. The van der Waals surface area contributed by atoms with Crippen LogP contribution in [0.3, 0.4) is 0 Å². The molecule has 1 unspecified atom stereocenters. The zero-order valence-electron chi connectivity index (χ0n) is 11.2.